The molecule has 0 aromatic heterocycles. The van der Waals surface area contributed by atoms with Gasteiger partial charge in [0, 0.05) is 19.5 Å². The molecule has 6 aromatic carbocycles. The third-order valence-corrected chi connectivity index (χ3v) is 11.5. The van der Waals surface area contributed by atoms with Crippen molar-refractivity contribution in [1.82, 2.24) is 0 Å². The molecule has 1 aliphatic rings. The summed E-state index contributed by atoms with van der Waals surface area (Å²) in [4.78, 5) is 0. The number of hydrogen-bond donors (Lipinski definition) is 0. The summed E-state index contributed by atoms with van der Waals surface area (Å²) in [5, 5.41) is 8.39. The van der Waals surface area contributed by atoms with Crippen LogP contribution >= 0.6 is 15.8 Å². The van der Waals surface area contributed by atoms with E-state index >= 15 is 0 Å². The van der Waals surface area contributed by atoms with Crippen molar-refractivity contribution in [3.8, 4) is 0 Å². The van der Waals surface area contributed by atoms with Crippen LogP contribution in [0.3, 0.4) is 0 Å². The Kier molecular flexibility index (Phi) is 17.1. The molecule has 0 atom stereocenters. The summed E-state index contributed by atoms with van der Waals surface area (Å²) in [5.74, 6) is 0. The van der Waals surface area contributed by atoms with Gasteiger partial charge >= 0.3 is 0 Å². The van der Waals surface area contributed by atoms with Gasteiger partial charge in [-0.15, -0.1) is 0 Å². The predicted molar refractivity (Wildman–Crippen MR) is 192 cm³/mol. The van der Waals surface area contributed by atoms with Gasteiger partial charge in [0.2, 0.25) is 0 Å². The molecule has 0 nitrogen and oxygen atoms in total. The molecule has 45 heavy (non-hydrogen) atoms. The minimum absolute atomic E-state index is 0. The summed E-state index contributed by atoms with van der Waals surface area (Å²) in [5.41, 5.74) is 0. The van der Waals surface area contributed by atoms with Crippen LogP contribution in [-0.4, -0.2) is 0 Å². The quantitative estimate of drug-likeness (QED) is 0.169. The Morgan fingerprint density at radius 3 is 0.489 bits per heavy atom. The van der Waals surface area contributed by atoms with Crippen LogP contribution in [0.15, 0.2) is 182 Å². The van der Waals surface area contributed by atoms with E-state index in [0.29, 0.717) is 0 Å². The predicted octanol–water partition coefficient (Wildman–Crippen LogP) is 4.91. The van der Waals surface area contributed by atoms with E-state index in [0.717, 1.165) is 0 Å². The van der Waals surface area contributed by atoms with Gasteiger partial charge in [0.25, 0.3) is 0 Å². The van der Waals surface area contributed by atoms with Crippen LogP contribution in [0.25, 0.3) is 0 Å². The van der Waals surface area contributed by atoms with E-state index in [1.165, 1.54) is 31.8 Å². The zero-order chi connectivity index (χ0) is 29.4. The van der Waals surface area contributed by atoms with E-state index in [4.69, 9.17) is 0 Å². The van der Waals surface area contributed by atoms with Crippen LogP contribution in [0.2, 0.25) is 0 Å². The molecule has 0 amide bonds. The Labute approximate surface area is 292 Å². The van der Waals surface area contributed by atoms with Crippen LogP contribution in [0.4, 0.5) is 0 Å². The fourth-order valence-electron chi connectivity index (χ4n) is 4.68. The molecule has 6 aromatic rings. The standard InChI is InChI=1S/2C18H15P.C5H5.ClH.Ru/c2*1-4-10-16(11-5-1)19(17-12-6-2-7-13-17)18-14-8-3-9-15-18;1-2-4-5-3-1;;/h2*1-15H;1-5H;1H;/p-1. The first kappa shape index (κ1) is 36.6. The average molecular weight is 726 g/mol. The molecule has 5 radical (unpaired) electrons. The Hall–Kier alpha value is -2.91. The van der Waals surface area contributed by atoms with Gasteiger partial charge < -0.3 is 12.4 Å². The Bertz CT molecular complexity index is 1250. The van der Waals surface area contributed by atoms with Gasteiger partial charge in [0.1, 0.15) is 0 Å². The number of hydrogen-bond acceptors (Lipinski definition) is 0. The van der Waals surface area contributed by atoms with Gasteiger partial charge in [-0.25, -0.2) is 0 Å². The monoisotopic (exact) mass is 726 g/mol. The molecule has 1 saturated carbocycles. The minimum Gasteiger partial charge on any atom is -1.00 e. The molecule has 0 bridgehead atoms. The van der Waals surface area contributed by atoms with Crippen LogP contribution in [0.5, 0.6) is 0 Å². The van der Waals surface area contributed by atoms with Gasteiger partial charge in [-0.05, 0) is 79.8 Å². The van der Waals surface area contributed by atoms with Crippen molar-refractivity contribution in [3.05, 3.63) is 214 Å². The van der Waals surface area contributed by atoms with Gasteiger partial charge in [-0.2, -0.15) is 0 Å². The average Bonchev–Trinajstić information content (AvgIpc) is 3.69. The first-order valence-corrected chi connectivity index (χ1v) is 17.2. The van der Waals surface area contributed by atoms with Gasteiger partial charge in [-0.3, -0.25) is 0 Å². The summed E-state index contributed by atoms with van der Waals surface area (Å²) in [7, 11) is -0.892. The summed E-state index contributed by atoms with van der Waals surface area (Å²) in [6, 6.07) is 64.7. The fraction of sp³-hybridized carbons (Fsp3) is 0. The molecule has 0 spiro atoms. The normalized spacial score (nSPS) is 11.6. The number of halogens is 1. The van der Waals surface area contributed by atoms with Crippen LogP contribution in [0, 0.1) is 32.1 Å². The zero-order valence-corrected chi connectivity index (χ0v) is 29.1. The van der Waals surface area contributed by atoms with E-state index in [9.17, 15) is 0 Å². The van der Waals surface area contributed by atoms with Crippen molar-refractivity contribution in [2.24, 2.45) is 0 Å². The second kappa shape index (κ2) is 21.0. The molecule has 0 aliphatic heterocycles. The van der Waals surface area contributed by atoms with Gasteiger partial charge in [-0.1, -0.05) is 182 Å². The first-order valence-electron chi connectivity index (χ1n) is 14.5. The molecular weight excluding hydrogens is 691 g/mol. The molecule has 0 unspecified atom stereocenters. The minimum atomic E-state index is -0.446. The van der Waals surface area contributed by atoms with E-state index in [2.05, 4.69) is 182 Å². The first-order chi connectivity index (χ1) is 21.4. The maximum absolute atomic E-state index is 2.23. The summed E-state index contributed by atoms with van der Waals surface area (Å²) < 4.78 is 0. The molecule has 0 heterocycles. The molecule has 0 saturated heterocycles. The SMILES string of the molecule is [CH]1[CH][CH][CH][CH]1.[Cl-].[Ru].c1ccc(P(c2ccccc2)c2ccccc2)cc1.c1ccc(P(c2ccccc2)c2ccccc2)cc1. The third-order valence-electron chi connectivity index (χ3n) is 6.64. The largest absolute Gasteiger partial charge is 1.00 e. The fourth-order valence-corrected chi connectivity index (χ4v) is 9.29. The van der Waals surface area contributed by atoms with Gasteiger partial charge in [0.15, 0.2) is 0 Å². The van der Waals surface area contributed by atoms with Crippen molar-refractivity contribution in [2.45, 2.75) is 0 Å². The van der Waals surface area contributed by atoms with E-state index < -0.39 is 15.8 Å². The molecule has 4 heteroatoms. The van der Waals surface area contributed by atoms with Gasteiger partial charge in [0.05, 0.1) is 0 Å². The topological polar surface area (TPSA) is 0 Å². The number of benzene rings is 6. The summed E-state index contributed by atoms with van der Waals surface area (Å²) in [6.07, 6.45) is 10.0. The Balaban J connectivity index is 0.000000204. The second-order valence-corrected chi connectivity index (χ2v) is 14.1. The van der Waals surface area contributed by atoms with E-state index in [1.54, 1.807) is 0 Å². The van der Waals surface area contributed by atoms with Crippen LogP contribution in [0.1, 0.15) is 0 Å². The maximum atomic E-state index is 2.23. The molecule has 1 fully saturated rings. The molecule has 7 rings (SSSR count). The molecule has 1 aliphatic carbocycles. The van der Waals surface area contributed by atoms with E-state index in [-0.39, 0.29) is 31.9 Å². The van der Waals surface area contributed by atoms with Crippen molar-refractivity contribution >= 4 is 47.7 Å². The zero-order valence-electron chi connectivity index (χ0n) is 24.8. The van der Waals surface area contributed by atoms with Crippen molar-refractivity contribution < 1.29 is 31.9 Å². The Morgan fingerprint density at radius 1 is 0.222 bits per heavy atom. The summed E-state index contributed by atoms with van der Waals surface area (Å²) in [6.45, 7) is 0. The second-order valence-electron chi connectivity index (χ2n) is 9.65. The molecule has 225 valence electrons. The van der Waals surface area contributed by atoms with Crippen molar-refractivity contribution in [3.63, 3.8) is 0 Å². The van der Waals surface area contributed by atoms with Crippen molar-refractivity contribution in [2.75, 3.05) is 0 Å². The molecule has 0 N–H and O–H groups in total. The van der Waals surface area contributed by atoms with E-state index in [1.807, 2.05) is 32.1 Å². The number of rotatable bonds is 6. The Morgan fingerprint density at radius 2 is 0.356 bits per heavy atom. The van der Waals surface area contributed by atoms with Crippen molar-refractivity contribution in [1.29, 1.82) is 0 Å². The van der Waals surface area contributed by atoms with Crippen LogP contribution in [-0.2, 0) is 19.5 Å². The molecular formula is C41H35ClP2Ru-. The summed E-state index contributed by atoms with van der Waals surface area (Å²) >= 11 is 0. The smallest absolute Gasteiger partial charge is 0 e. The maximum Gasteiger partial charge on any atom is 0 e. The van der Waals surface area contributed by atoms with Crippen LogP contribution < -0.4 is 44.2 Å². The third kappa shape index (κ3) is 11.4.